The van der Waals surface area contributed by atoms with Gasteiger partial charge in [-0.3, -0.25) is 0 Å². The SMILES string of the molecule is CC(C)(C)C1C[C@H](CO)[C@@H](O)[C@H](OC(N)=O)[C@@H]1O. The highest BCUT2D eigenvalue weighted by Crippen LogP contribution is 2.41. The quantitative estimate of drug-likeness (QED) is 0.552. The highest BCUT2D eigenvalue weighted by Gasteiger charge is 2.48. The fourth-order valence-corrected chi connectivity index (χ4v) is 2.63. The van der Waals surface area contributed by atoms with E-state index < -0.39 is 30.3 Å². The molecule has 1 aliphatic rings. The summed E-state index contributed by atoms with van der Waals surface area (Å²) in [6.45, 7) is 5.64. The van der Waals surface area contributed by atoms with Gasteiger partial charge in [-0.2, -0.15) is 0 Å². The van der Waals surface area contributed by atoms with Crippen LogP contribution in [-0.4, -0.2) is 46.3 Å². The van der Waals surface area contributed by atoms with E-state index in [1.54, 1.807) is 0 Å². The molecule has 0 bridgehead atoms. The average molecular weight is 261 g/mol. The maximum atomic E-state index is 10.8. The van der Waals surface area contributed by atoms with Crippen LogP contribution in [-0.2, 0) is 4.74 Å². The molecule has 1 saturated carbocycles. The Kier molecular flexibility index (Phi) is 4.58. The summed E-state index contributed by atoms with van der Waals surface area (Å²) in [5.74, 6) is -0.621. The molecule has 106 valence electrons. The van der Waals surface area contributed by atoms with Crippen molar-refractivity contribution < 1.29 is 24.9 Å². The summed E-state index contributed by atoms with van der Waals surface area (Å²) in [7, 11) is 0. The van der Waals surface area contributed by atoms with Gasteiger partial charge in [-0.1, -0.05) is 20.8 Å². The molecular weight excluding hydrogens is 238 g/mol. The third-order valence-corrected chi connectivity index (χ3v) is 3.72. The Morgan fingerprint density at radius 2 is 1.89 bits per heavy atom. The summed E-state index contributed by atoms with van der Waals surface area (Å²) >= 11 is 0. The second-order valence-corrected chi connectivity index (χ2v) is 6.03. The van der Waals surface area contributed by atoms with Crippen LogP contribution in [0.1, 0.15) is 27.2 Å². The smallest absolute Gasteiger partial charge is 0.404 e. The first-order chi connectivity index (χ1) is 8.18. The first-order valence-corrected chi connectivity index (χ1v) is 6.11. The lowest BCUT2D eigenvalue weighted by molar-refractivity contribution is -0.159. The number of carbonyl (C=O) groups excluding carboxylic acids is 1. The molecule has 1 rings (SSSR count). The van der Waals surface area contributed by atoms with E-state index >= 15 is 0 Å². The van der Waals surface area contributed by atoms with E-state index in [4.69, 9.17) is 10.5 Å². The van der Waals surface area contributed by atoms with Crippen molar-refractivity contribution in [2.24, 2.45) is 23.0 Å². The summed E-state index contributed by atoms with van der Waals surface area (Å²) < 4.78 is 4.80. The molecule has 5 N–H and O–H groups in total. The van der Waals surface area contributed by atoms with E-state index in [1.165, 1.54) is 0 Å². The summed E-state index contributed by atoms with van der Waals surface area (Å²) in [4.78, 5) is 10.8. The Morgan fingerprint density at radius 1 is 1.33 bits per heavy atom. The van der Waals surface area contributed by atoms with Crippen LogP contribution in [0.25, 0.3) is 0 Å². The number of rotatable bonds is 2. The van der Waals surface area contributed by atoms with Gasteiger partial charge in [0.1, 0.15) is 0 Å². The molecule has 6 nitrogen and oxygen atoms in total. The molecule has 0 heterocycles. The molecule has 1 aliphatic carbocycles. The molecular formula is C12H23NO5. The second-order valence-electron chi connectivity index (χ2n) is 6.03. The van der Waals surface area contributed by atoms with Gasteiger partial charge in [-0.15, -0.1) is 0 Å². The van der Waals surface area contributed by atoms with Gasteiger partial charge in [0.25, 0.3) is 0 Å². The first kappa shape index (κ1) is 15.2. The molecule has 0 aliphatic heterocycles. The normalized spacial score (nSPS) is 37.3. The van der Waals surface area contributed by atoms with Crippen molar-refractivity contribution in [3.05, 3.63) is 0 Å². The van der Waals surface area contributed by atoms with E-state index in [2.05, 4.69) is 0 Å². The molecule has 18 heavy (non-hydrogen) atoms. The summed E-state index contributed by atoms with van der Waals surface area (Å²) in [6.07, 6.45) is -3.74. The van der Waals surface area contributed by atoms with Crippen LogP contribution in [0.3, 0.4) is 0 Å². The van der Waals surface area contributed by atoms with Gasteiger partial charge >= 0.3 is 6.09 Å². The highest BCUT2D eigenvalue weighted by molar-refractivity contribution is 5.65. The minimum absolute atomic E-state index is 0.192. The number of primary amides is 1. The van der Waals surface area contributed by atoms with Gasteiger partial charge in [0.15, 0.2) is 6.10 Å². The molecule has 1 amide bonds. The van der Waals surface area contributed by atoms with Crippen molar-refractivity contribution in [3.8, 4) is 0 Å². The summed E-state index contributed by atoms with van der Waals surface area (Å²) in [6, 6.07) is 0. The lowest BCUT2D eigenvalue weighted by atomic mass is 9.65. The standard InChI is InChI=1S/C12H23NO5/c1-12(2,3)7-4-6(5-14)8(15)10(9(7)16)18-11(13)17/h6-10,14-16H,4-5H2,1-3H3,(H2,13,17)/t6-,7?,8-,9-,10+/m1/s1. The highest BCUT2D eigenvalue weighted by atomic mass is 16.6. The predicted octanol–water partition coefficient (Wildman–Crippen LogP) is -0.153. The minimum Gasteiger partial charge on any atom is -0.441 e. The number of aliphatic hydroxyl groups excluding tert-OH is 3. The molecule has 0 aromatic heterocycles. The van der Waals surface area contributed by atoms with Gasteiger partial charge in [0.2, 0.25) is 0 Å². The molecule has 1 unspecified atom stereocenters. The minimum atomic E-state index is -1.10. The number of hydrogen-bond donors (Lipinski definition) is 4. The zero-order valence-electron chi connectivity index (χ0n) is 11.0. The van der Waals surface area contributed by atoms with Gasteiger partial charge in [0.05, 0.1) is 12.2 Å². The average Bonchev–Trinajstić information content (AvgIpc) is 2.22. The van der Waals surface area contributed by atoms with Gasteiger partial charge in [-0.05, 0) is 17.8 Å². The largest absolute Gasteiger partial charge is 0.441 e. The Morgan fingerprint density at radius 3 is 2.28 bits per heavy atom. The van der Waals surface area contributed by atoms with E-state index in [0.29, 0.717) is 6.42 Å². The van der Waals surface area contributed by atoms with Gasteiger partial charge in [-0.25, -0.2) is 4.79 Å². The molecule has 0 aromatic carbocycles. The molecule has 0 spiro atoms. The fourth-order valence-electron chi connectivity index (χ4n) is 2.63. The molecule has 0 radical (unpaired) electrons. The van der Waals surface area contributed by atoms with Crippen molar-refractivity contribution >= 4 is 6.09 Å². The Balaban J connectivity index is 2.95. The second kappa shape index (κ2) is 5.42. The summed E-state index contributed by atoms with van der Waals surface area (Å²) in [5.41, 5.74) is 4.71. The third-order valence-electron chi connectivity index (χ3n) is 3.72. The molecule has 6 heteroatoms. The Bertz CT molecular complexity index is 301. The maximum absolute atomic E-state index is 10.8. The van der Waals surface area contributed by atoms with E-state index in [0.717, 1.165) is 0 Å². The lowest BCUT2D eigenvalue weighted by Crippen LogP contribution is -2.57. The molecule has 0 aromatic rings. The zero-order chi connectivity index (χ0) is 14.1. The number of aliphatic hydroxyl groups is 3. The molecule has 1 fully saturated rings. The number of ether oxygens (including phenoxy) is 1. The number of carbonyl (C=O) groups is 1. The van der Waals surface area contributed by atoms with Gasteiger partial charge in [0, 0.05) is 12.5 Å². The Hall–Kier alpha value is -0.850. The zero-order valence-corrected chi connectivity index (χ0v) is 11.0. The van der Waals surface area contributed by atoms with Crippen molar-refractivity contribution in [1.29, 1.82) is 0 Å². The van der Waals surface area contributed by atoms with E-state index in [-0.39, 0.29) is 17.9 Å². The summed E-state index contributed by atoms with van der Waals surface area (Å²) in [5, 5.41) is 29.5. The van der Waals surface area contributed by atoms with Crippen LogP contribution >= 0.6 is 0 Å². The van der Waals surface area contributed by atoms with E-state index in [9.17, 15) is 20.1 Å². The van der Waals surface area contributed by atoms with Crippen molar-refractivity contribution in [2.45, 2.75) is 45.5 Å². The predicted molar refractivity (Wildman–Crippen MR) is 64.6 cm³/mol. The van der Waals surface area contributed by atoms with Gasteiger partial charge < -0.3 is 25.8 Å². The van der Waals surface area contributed by atoms with Crippen molar-refractivity contribution in [2.75, 3.05) is 6.61 Å². The van der Waals surface area contributed by atoms with Crippen molar-refractivity contribution in [3.63, 3.8) is 0 Å². The third kappa shape index (κ3) is 3.13. The lowest BCUT2D eigenvalue weighted by Gasteiger charge is -2.46. The fraction of sp³-hybridized carbons (Fsp3) is 0.917. The maximum Gasteiger partial charge on any atom is 0.404 e. The van der Waals surface area contributed by atoms with Crippen molar-refractivity contribution in [1.82, 2.24) is 0 Å². The van der Waals surface area contributed by atoms with Crippen LogP contribution in [0.5, 0.6) is 0 Å². The van der Waals surface area contributed by atoms with Crippen LogP contribution in [0.4, 0.5) is 4.79 Å². The topological polar surface area (TPSA) is 113 Å². The molecule has 0 saturated heterocycles. The first-order valence-electron chi connectivity index (χ1n) is 6.11. The van der Waals surface area contributed by atoms with E-state index in [1.807, 2.05) is 20.8 Å². The van der Waals surface area contributed by atoms with Crippen LogP contribution in [0, 0.1) is 17.3 Å². The van der Waals surface area contributed by atoms with Crippen LogP contribution in [0.2, 0.25) is 0 Å². The number of nitrogens with two attached hydrogens (primary N) is 1. The molecule has 5 atom stereocenters. The number of hydrogen-bond acceptors (Lipinski definition) is 5. The van der Waals surface area contributed by atoms with Crippen LogP contribution < -0.4 is 5.73 Å². The van der Waals surface area contributed by atoms with Crippen LogP contribution in [0.15, 0.2) is 0 Å². The monoisotopic (exact) mass is 261 g/mol. The number of amides is 1. The Labute approximate surface area is 107 Å².